The van der Waals surface area contributed by atoms with Gasteiger partial charge in [0, 0.05) is 38.3 Å². The lowest BCUT2D eigenvalue weighted by atomic mass is 9.94. The summed E-state index contributed by atoms with van der Waals surface area (Å²) < 4.78 is 12.8. The molecular formula is C44H81N3O5. The van der Waals surface area contributed by atoms with E-state index in [0.29, 0.717) is 51.5 Å². The highest BCUT2D eigenvalue weighted by Crippen LogP contribution is 2.21. The number of hydrogen-bond donors (Lipinski definition) is 0. The van der Waals surface area contributed by atoms with Gasteiger partial charge >= 0.3 is 18.0 Å². The zero-order chi connectivity index (χ0) is 37.7. The molecule has 0 aliphatic rings. The van der Waals surface area contributed by atoms with Gasteiger partial charge in [-0.3, -0.25) is 14.2 Å². The minimum absolute atomic E-state index is 0.0966. The van der Waals surface area contributed by atoms with Crippen molar-refractivity contribution in [2.45, 2.75) is 213 Å². The molecule has 0 saturated heterocycles. The molecule has 0 aliphatic heterocycles. The van der Waals surface area contributed by atoms with Gasteiger partial charge in [-0.25, -0.2) is 9.78 Å². The number of rotatable bonds is 37. The summed E-state index contributed by atoms with van der Waals surface area (Å²) in [5.74, 6) is 0.185. The van der Waals surface area contributed by atoms with Crippen molar-refractivity contribution in [1.82, 2.24) is 14.5 Å². The van der Waals surface area contributed by atoms with E-state index in [4.69, 9.17) is 9.47 Å². The molecule has 0 N–H and O–H groups in total. The summed E-state index contributed by atoms with van der Waals surface area (Å²) in [6, 6.07) is -0.142. The Morgan fingerprint density at radius 2 is 1.02 bits per heavy atom. The first-order chi connectivity index (χ1) is 25.5. The number of hydrogen-bond acceptors (Lipinski definition) is 6. The van der Waals surface area contributed by atoms with Crippen LogP contribution in [-0.2, 0) is 19.1 Å². The van der Waals surface area contributed by atoms with Gasteiger partial charge in [0.05, 0.1) is 13.2 Å². The Morgan fingerprint density at radius 3 is 1.56 bits per heavy atom. The van der Waals surface area contributed by atoms with E-state index in [-0.39, 0.29) is 18.0 Å². The van der Waals surface area contributed by atoms with Crippen LogP contribution in [0.15, 0.2) is 18.7 Å². The predicted molar refractivity (Wildman–Crippen MR) is 216 cm³/mol. The number of esters is 2. The Morgan fingerprint density at radius 1 is 0.558 bits per heavy atom. The highest BCUT2D eigenvalue weighted by atomic mass is 16.5. The van der Waals surface area contributed by atoms with Crippen molar-refractivity contribution < 1.29 is 23.9 Å². The molecule has 0 aliphatic carbocycles. The van der Waals surface area contributed by atoms with Crippen LogP contribution in [0, 0.1) is 5.92 Å². The highest BCUT2D eigenvalue weighted by Gasteiger charge is 2.17. The number of amides is 1. The summed E-state index contributed by atoms with van der Waals surface area (Å²) in [5, 5.41) is 0. The minimum Gasteiger partial charge on any atom is -0.466 e. The van der Waals surface area contributed by atoms with Crippen molar-refractivity contribution in [3.05, 3.63) is 18.7 Å². The van der Waals surface area contributed by atoms with Crippen LogP contribution in [0.4, 0.5) is 4.79 Å². The van der Waals surface area contributed by atoms with E-state index in [1.165, 1.54) is 139 Å². The second kappa shape index (κ2) is 35.6. The van der Waals surface area contributed by atoms with Gasteiger partial charge in [0.1, 0.15) is 6.33 Å². The topological polar surface area (TPSA) is 90.7 Å². The molecule has 0 saturated carbocycles. The fourth-order valence-electron chi connectivity index (χ4n) is 6.87. The van der Waals surface area contributed by atoms with Gasteiger partial charge in [-0.15, -0.1) is 0 Å². The molecular weight excluding hydrogens is 651 g/mol. The molecule has 1 rings (SSSR count). The molecule has 1 amide bonds. The summed E-state index contributed by atoms with van der Waals surface area (Å²) >= 11 is 0. The Kier molecular flexibility index (Phi) is 32.7. The summed E-state index contributed by atoms with van der Waals surface area (Å²) in [6.07, 6.45) is 38.8. The van der Waals surface area contributed by atoms with Crippen LogP contribution < -0.4 is 0 Å². The van der Waals surface area contributed by atoms with Crippen LogP contribution >= 0.6 is 0 Å². The van der Waals surface area contributed by atoms with Crippen LogP contribution in [0.3, 0.4) is 0 Å². The smallest absolute Gasteiger partial charge is 0.329 e. The average molecular weight is 732 g/mol. The number of carbonyl (C=O) groups excluding carboxylic acids is 3. The number of imidazole rings is 1. The van der Waals surface area contributed by atoms with E-state index in [0.717, 1.165) is 44.9 Å². The number of aromatic nitrogens is 2. The molecule has 52 heavy (non-hydrogen) atoms. The Labute approximate surface area is 320 Å². The normalized spacial score (nSPS) is 11.8. The zero-order valence-electron chi connectivity index (χ0n) is 34.2. The third kappa shape index (κ3) is 28.2. The first-order valence-electron chi connectivity index (χ1n) is 22.1. The Bertz CT molecular complexity index is 954. The Balaban J connectivity index is 2.35. The molecule has 302 valence electrons. The van der Waals surface area contributed by atoms with Crippen LogP contribution in [-0.4, -0.2) is 58.7 Å². The van der Waals surface area contributed by atoms with Crippen molar-refractivity contribution in [1.29, 1.82) is 0 Å². The second-order valence-electron chi connectivity index (χ2n) is 15.2. The van der Waals surface area contributed by atoms with Crippen LogP contribution in [0.25, 0.3) is 0 Å². The molecule has 1 heterocycles. The SMILES string of the molecule is CCCCCCCCCCOC(=O)CCCN(CCCCCC(=O)OCC(CCCCCCCC)CCCCCCCCCC)C(=O)n1ccnc1. The summed E-state index contributed by atoms with van der Waals surface area (Å²) in [5.41, 5.74) is 0. The summed E-state index contributed by atoms with van der Waals surface area (Å²) in [4.78, 5) is 43.9. The first kappa shape index (κ1) is 47.6. The van der Waals surface area contributed by atoms with Gasteiger partial charge < -0.3 is 14.4 Å². The third-order valence-corrected chi connectivity index (χ3v) is 10.3. The number of carbonyl (C=O) groups is 3. The van der Waals surface area contributed by atoms with E-state index in [1.807, 2.05) is 0 Å². The molecule has 0 fully saturated rings. The standard InChI is InChI=1S/C44H81N3O5/c1-4-7-10-13-16-18-21-25-31-41(30-24-20-15-12-9-6-3)39-52-43(49)32-26-23-27-35-46(44(50)47-37-34-45-40-47)36-29-33-42(48)51-38-28-22-19-17-14-11-8-5-2/h34,37,40-41H,4-33,35-36,38-39H2,1-3H3. The minimum atomic E-state index is -0.191. The molecule has 1 atom stereocenters. The molecule has 0 radical (unpaired) electrons. The number of unbranched alkanes of at least 4 members (excludes halogenated alkanes) is 21. The van der Waals surface area contributed by atoms with Gasteiger partial charge in [0.15, 0.2) is 0 Å². The third-order valence-electron chi connectivity index (χ3n) is 10.3. The van der Waals surface area contributed by atoms with E-state index in [9.17, 15) is 14.4 Å². The van der Waals surface area contributed by atoms with E-state index in [1.54, 1.807) is 17.3 Å². The van der Waals surface area contributed by atoms with E-state index < -0.39 is 0 Å². The zero-order valence-corrected chi connectivity index (χ0v) is 34.2. The second-order valence-corrected chi connectivity index (χ2v) is 15.2. The van der Waals surface area contributed by atoms with E-state index in [2.05, 4.69) is 25.8 Å². The molecule has 1 unspecified atom stereocenters. The van der Waals surface area contributed by atoms with Crippen LogP contribution in [0.5, 0.6) is 0 Å². The molecule has 1 aromatic heterocycles. The number of ether oxygens (including phenoxy) is 2. The lowest BCUT2D eigenvalue weighted by Crippen LogP contribution is -2.36. The maximum absolute atomic E-state index is 13.1. The summed E-state index contributed by atoms with van der Waals surface area (Å²) in [7, 11) is 0. The first-order valence-corrected chi connectivity index (χ1v) is 22.1. The number of nitrogens with zero attached hydrogens (tertiary/aromatic N) is 3. The van der Waals surface area contributed by atoms with Crippen molar-refractivity contribution in [2.24, 2.45) is 5.92 Å². The van der Waals surface area contributed by atoms with Crippen molar-refractivity contribution in [3.63, 3.8) is 0 Å². The fraction of sp³-hybridized carbons (Fsp3) is 0.864. The monoisotopic (exact) mass is 732 g/mol. The molecule has 8 nitrogen and oxygen atoms in total. The van der Waals surface area contributed by atoms with Crippen LogP contribution in [0.1, 0.15) is 213 Å². The molecule has 0 aromatic carbocycles. The predicted octanol–water partition coefficient (Wildman–Crippen LogP) is 12.6. The van der Waals surface area contributed by atoms with Gasteiger partial charge in [0.2, 0.25) is 0 Å². The van der Waals surface area contributed by atoms with E-state index >= 15 is 0 Å². The average Bonchev–Trinajstić information content (AvgIpc) is 3.69. The fourth-order valence-corrected chi connectivity index (χ4v) is 6.87. The maximum Gasteiger partial charge on any atom is 0.329 e. The molecule has 1 aromatic rings. The quantitative estimate of drug-likeness (QED) is 0.0500. The van der Waals surface area contributed by atoms with Gasteiger partial charge in [-0.2, -0.15) is 0 Å². The molecule has 0 bridgehead atoms. The molecule has 8 heteroatoms. The van der Waals surface area contributed by atoms with Gasteiger partial charge in [-0.05, 0) is 44.4 Å². The highest BCUT2D eigenvalue weighted by molar-refractivity contribution is 5.76. The van der Waals surface area contributed by atoms with Gasteiger partial charge in [0.25, 0.3) is 0 Å². The van der Waals surface area contributed by atoms with Crippen molar-refractivity contribution in [2.75, 3.05) is 26.3 Å². The lowest BCUT2D eigenvalue weighted by Gasteiger charge is -2.22. The molecule has 0 spiro atoms. The van der Waals surface area contributed by atoms with Crippen molar-refractivity contribution in [3.8, 4) is 0 Å². The van der Waals surface area contributed by atoms with Crippen molar-refractivity contribution >= 4 is 18.0 Å². The maximum atomic E-state index is 13.1. The Hall–Kier alpha value is -2.38. The van der Waals surface area contributed by atoms with Crippen LogP contribution in [0.2, 0.25) is 0 Å². The van der Waals surface area contributed by atoms with Gasteiger partial charge in [-0.1, -0.05) is 162 Å². The largest absolute Gasteiger partial charge is 0.466 e. The lowest BCUT2D eigenvalue weighted by molar-refractivity contribution is -0.145. The summed E-state index contributed by atoms with van der Waals surface area (Å²) in [6.45, 7) is 8.84.